The summed E-state index contributed by atoms with van der Waals surface area (Å²) in [5.41, 5.74) is 2.02. The first kappa shape index (κ1) is 11.5. The molecule has 0 heterocycles. The minimum Gasteiger partial charge on any atom is -0.323 e. The lowest BCUT2D eigenvalue weighted by molar-refractivity contribution is -0.111. The number of amides is 1. The van der Waals surface area contributed by atoms with Crippen LogP contribution in [0.4, 0.5) is 5.69 Å². The van der Waals surface area contributed by atoms with Crippen molar-refractivity contribution in [1.82, 2.24) is 0 Å². The van der Waals surface area contributed by atoms with Crippen LogP contribution in [0.2, 0.25) is 0 Å². The van der Waals surface area contributed by atoms with Crippen LogP contribution < -0.4 is 5.32 Å². The van der Waals surface area contributed by atoms with Crippen molar-refractivity contribution in [3.05, 3.63) is 42.0 Å². The van der Waals surface area contributed by atoms with Gasteiger partial charge in [-0.1, -0.05) is 37.6 Å². The van der Waals surface area contributed by atoms with E-state index in [4.69, 9.17) is 0 Å². The van der Waals surface area contributed by atoms with E-state index in [1.165, 1.54) is 5.56 Å². The summed E-state index contributed by atoms with van der Waals surface area (Å²) in [6.07, 6.45) is 3.45. The fourth-order valence-corrected chi connectivity index (χ4v) is 1.10. The van der Waals surface area contributed by atoms with Crippen molar-refractivity contribution in [3.63, 3.8) is 0 Å². The van der Waals surface area contributed by atoms with Gasteiger partial charge in [0.05, 0.1) is 0 Å². The molecular weight excluding hydrogens is 186 g/mol. The van der Waals surface area contributed by atoms with Crippen molar-refractivity contribution >= 4 is 11.6 Å². The Morgan fingerprint density at radius 1 is 1.27 bits per heavy atom. The van der Waals surface area contributed by atoms with Gasteiger partial charge in [-0.3, -0.25) is 4.79 Å². The molecule has 80 valence electrons. The summed E-state index contributed by atoms with van der Waals surface area (Å²) in [5.74, 6) is 0.321. The van der Waals surface area contributed by atoms with Crippen LogP contribution in [-0.4, -0.2) is 5.91 Å². The van der Waals surface area contributed by atoms with E-state index in [9.17, 15) is 4.79 Å². The smallest absolute Gasteiger partial charge is 0.248 e. The zero-order valence-electron chi connectivity index (χ0n) is 9.45. The van der Waals surface area contributed by atoms with Crippen molar-refractivity contribution in [2.45, 2.75) is 20.8 Å². The molecule has 1 amide bonds. The number of carbonyl (C=O) groups is 1. The van der Waals surface area contributed by atoms with Crippen LogP contribution in [0, 0.1) is 12.8 Å². The summed E-state index contributed by atoms with van der Waals surface area (Å²) in [5, 5.41) is 2.80. The Morgan fingerprint density at radius 3 is 2.40 bits per heavy atom. The lowest BCUT2D eigenvalue weighted by Gasteiger charge is -2.02. The minimum absolute atomic E-state index is 0.0763. The molecular formula is C13H17NO. The fraction of sp³-hybridized carbons (Fsp3) is 0.308. The van der Waals surface area contributed by atoms with E-state index in [0.717, 1.165) is 5.69 Å². The van der Waals surface area contributed by atoms with E-state index in [1.54, 1.807) is 6.08 Å². The Labute approximate surface area is 91.0 Å². The number of allylic oxidation sites excluding steroid dienone is 1. The van der Waals surface area contributed by atoms with Crippen LogP contribution in [-0.2, 0) is 4.79 Å². The second-order valence-electron chi connectivity index (χ2n) is 3.96. The summed E-state index contributed by atoms with van der Waals surface area (Å²) in [7, 11) is 0. The maximum atomic E-state index is 11.4. The molecule has 0 aliphatic rings. The fourth-order valence-electron chi connectivity index (χ4n) is 1.10. The number of hydrogen-bond acceptors (Lipinski definition) is 1. The number of carbonyl (C=O) groups excluding carboxylic acids is 1. The van der Waals surface area contributed by atoms with Gasteiger partial charge in [0, 0.05) is 5.69 Å². The number of hydrogen-bond donors (Lipinski definition) is 1. The number of rotatable bonds is 3. The van der Waals surface area contributed by atoms with E-state index < -0.39 is 0 Å². The third-order valence-corrected chi connectivity index (χ3v) is 1.95. The molecule has 0 aliphatic carbocycles. The standard InChI is InChI=1S/C13H17NO/c1-10(2)4-9-13(15)14-12-7-5-11(3)6-8-12/h4-10H,1-3H3,(H,14,15)/b9-4+. The van der Waals surface area contributed by atoms with Crippen molar-refractivity contribution < 1.29 is 4.79 Å². The summed E-state index contributed by atoms with van der Waals surface area (Å²) in [4.78, 5) is 11.4. The average Bonchev–Trinajstić information content (AvgIpc) is 2.19. The van der Waals surface area contributed by atoms with Gasteiger partial charge in [-0.2, -0.15) is 0 Å². The number of anilines is 1. The van der Waals surface area contributed by atoms with E-state index in [0.29, 0.717) is 5.92 Å². The molecule has 2 nitrogen and oxygen atoms in total. The summed E-state index contributed by atoms with van der Waals surface area (Å²) in [6.45, 7) is 6.09. The third kappa shape index (κ3) is 4.45. The quantitative estimate of drug-likeness (QED) is 0.751. The first-order chi connectivity index (χ1) is 7.08. The lowest BCUT2D eigenvalue weighted by Crippen LogP contribution is -2.07. The molecule has 1 rings (SSSR count). The molecule has 2 heteroatoms. The molecule has 0 aliphatic heterocycles. The molecule has 0 spiro atoms. The van der Waals surface area contributed by atoms with Crippen LogP contribution in [0.3, 0.4) is 0 Å². The molecule has 0 fully saturated rings. The molecule has 1 aromatic carbocycles. The first-order valence-corrected chi connectivity index (χ1v) is 5.14. The van der Waals surface area contributed by atoms with E-state index in [-0.39, 0.29) is 5.91 Å². The first-order valence-electron chi connectivity index (χ1n) is 5.14. The average molecular weight is 203 g/mol. The second-order valence-corrected chi connectivity index (χ2v) is 3.96. The zero-order valence-corrected chi connectivity index (χ0v) is 9.45. The Kier molecular flexibility index (Phi) is 4.10. The Hall–Kier alpha value is -1.57. The van der Waals surface area contributed by atoms with Gasteiger partial charge in [-0.25, -0.2) is 0 Å². The molecule has 0 atom stereocenters. The third-order valence-electron chi connectivity index (χ3n) is 1.95. The molecule has 0 saturated carbocycles. The number of benzene rings is 1. The largest absolute Gasteiger partial charge is 0.323 e. The highest BCUT2D eigenvalue weighted by molar-refractivity contribution is 5.99. The molecule has 0 unspecified atom stereocenters. The molecule has 15 heavy (non-hydrogen) atoms. The predicted molar refractivity (Wildman–Crippen MR) is 63.8 cm³/mol. The van der Waals surface area contributed by atoms with Crippen molar-refractivity contribution in [1.29, 1.82) is 0 Å². The highest BCUT2D eigenvalue weighted by atomic mass is 16.1. The normalized spacial score (nSPS) is 10.9. The van der Waals surface area contributed by atoms with Crippen LogP contribution in [0.5, 0.6) is 0 Å². The Morgan fingerprint density at radius 2 is 1.87 bits per heavy atom. The SMILES string of the molecule is Cc1ccc(NC(=O)/C=C/C(C)C)cc1. The molecule has 0 bridgehead atoms. The molecule has 0 radical (unpaired) electrons. The number of nitrogens with one attached hydrogen (secondary N) is 1. The van der Waals surface area contributed by atoms with Gasteiger partial charge in [0.25, 0.3) is 0 Å². The molecule has 0 aromatic heterocycles. The molecule has 0 saturated heterocycles. The van der Waals surface area contributed by atoms with Gasteiger partial charge in [0.15, 0.2) is 0 Å². The van der Waals surface area contributed by atoms with Crippen LogP contribution in [0.15, 0.2) is 36.4 Å². The van der Waals surface area contributed by atoms with E-state index >= 15 is 0 Å². The van der Waals surface area contributed by atoms with E-state index in [1.807, 2.05) is 51.1 Å². The monoisotopic (exact) mass is 203 g/mol. The van der Waals surface area contributed by atoms with E-state index in [2.05, 4.69) is 5.32 Å². The highest BCUT2D eigenvalue weighted by Gasteiger charge is 1.97. The van der Waals surface area contributed by atoms with Crippen molar-refractivity contribution in [2.75, 3.05) is 5.32 Å². The Bertz CT molecular complexity index is 349. The van der Waals surface area contributed by atoms with Crippen molar-refractivity contribution in [3.8, 4) is 0 Å². The summed E-state index contributed by atoms with van der Waals surface area (Å²) < 4.78 is 0. The van der Waals surface area contributed by atoms with Crippen LogP contribution in [0.1, 0.15) is 19.4 Å². The van der Waals surface area contributed by atoms with Gasteiger partial charge < -0.3 is 5.32 Å². The molecule has 1 N–H and O–H groups in total. The Balaban J connectivity index is 2.55. The highest BCUT2D eigenvalue weighted by Crippen LogP contribution is 2.08. The van der Waals surface area contributed by atoms with Gasteiger partial charge in [-0.15, -0.1) is 0 Å². The van der Waals surface area contributed by atoms with Gasteiger partial charge in [-0.05, 0) is 31.1 Å². The zero-order chi connectivity index (χ0) is 11.3. The lowest BCUT2D eigenvalue weighted by atomic mass is 10.2. The van der Waals surface area contributed by atoms with Crippen LogP contribution in [0.25, 0.3) is 0 Å². The summed E-state index contributed by atoms with van der Waals surface area (Å²) in [6, 6.07) is 7.75. The van der Waals surface area contributed by atoms with Crippen LogP contribution >= 0.6 is 0 Å². The topological polar surface area (TPSA) is 29.1 Å². The van der Waals surface area contributed by atoms with Gasteiger partial charge >= 0.3 is 0 Å². The predicted octanol–water partition coefficient (Wildman–Crippen LogP) is 3.15. The number of aryl methyl sites for hydroxylation is 1. The summed E-state index contributed by atoms with van der Waals surface area (Å²) >= 11 is 0. The van der Waals surface area contributed by atoms with Crippen molar-refractivity contribution in [2.24, 2.45) is 5.92 Å². The minimum atomic E-state index is -0.0763. The molecule has 1 aromatic rings. The maximum absolute atomic E-state index is 11.4. The van der Waals surface area contributed by atoms with Gasteiger partial charge in [0.2, 0.25) is 5.91 Å². The van der Waals surface area contributed by atoms with Gasteiger partial charge in [0.1, 0.15) is 0 Å². The maximum Gasteiger partial charge on any atom is 0.248 e. The second kappa shape index (κ2) is 5.35.